The maximum absolute atomic E-state index is 12.9. The van der Waals surface area contributed by atoms with E-state index >= 15 is 0 Å². The molecule has 19 heavy (non-hydrogen) atoms. The van der Waals surface area contributed by atoms with Crippen LogP contribution in [-0.4, -0.2) is 36.6 Å². The SMILES string of the molecule is CNC(CCN(C)C(C)C1CC1)c1ccc(F)cn1. The molecule has 1 fully saturated rings. The first-order valence-corrected chi connectivity index (χ1v) is 7.10. The van der Waals surface area contributed by atoms with Gasteiger partial charge in [-0.25, -0.2) is 4.39 Å². The molecule has 3 nitrogen and oxygen atoms in total. The van der Waals surface area contributed by atoms with Gasteiger partial charge in [0.05, 0.1) is 17.9 Å². The quantitative estimate of drug-likeness (QED) is 0.821. The van der Waals surface area contributed by atoms with Crippen molar-refractivity contribution in [2.45, 2.75) is 38.3 Å². The molecular weight excluding hydrogens is 241 g/mol. The van der Waals surface area contributed by atoms with E-state index in [1.165, 1.54) is 25.1 Å². The Kier molecular flexibility index (Phi) is 4.88. The highest BCUT2D eigenvalue weighted by Crippen LogP contribution is 2.34. The van der Waals surface area contributed by atoms with Crippen LogP contribution in [-0.2, 0) is 0 Å². The van der Waals surface area contributed by atoms with E-state index in [0.29, 0.717) is 6.04 Å². The number of nitrogens with one attached hydrogen (secondary N) is 1. The van der Waals surface area contributed by atoms with Gasteiger partial charge in [-0.15, -0.1) is 0 Å². The highest BCUT2D eigenvalue weighted by Gasteiger charge is 2.30. The van der Waals surface area contributed by atoms with E-state index in [0.717, 1.165) is 24.6 Å². The predicted molar refractivity (Wildman–Crippen MR) is 75.4 cm³/mol. The second kappa shape index (κ2) is 6.44. The molecule has 0 bridgehead atoms. The largest absolute Gasteiger partial charge is 0.312 e. The molecule has 1 aromatic heterocycles. The minimum atomic E-state index is -0.280. The van der Waals surface area contributed by atoms with Crippen molar-refractivity contribution in [1.29, 1.82) is 0 Å². The van der Waals surface area contributed by atoms with Gasteiger partial charge in [0, 0.05) is 6.04 Å². The van der Waals surface area contributed by atoms with E-state index in [1.807, 2.05) is 7.05 Å². The van der Waals surface area contributed by atoms with Crippen molar-refractivity contribution in [2.75, 3.05) is 20.6 Å². The maximum atomic E-state index is 12.9. The van der Waals surface area contributed by atoms with Gasteiger partial charge >= 0.3 is 0 Å². The Hall–Kier alpha value is -1.00. The molecule has 1 heterocycles. The smallest absolute Gasteiger partial charge is 0.141 e. The van der Waals surface area contributed by atoms with E-state index in [4.69, 9.17) is 0 Å². The molecular formula is C15H24FN3. The minimum Gasteiger partial charge on any atom is -0.312 e. The zero-order valence-electron chi connectivity index (χ0n) is 12.1. The molecule has 0 aliphatic heterocycles. The number of pyridine rings is 1. The first-order valence-electron chi connectivity index (χ1n) is 7.10. The molecule has 1 aliphatic rings. The van der Waals surface area contributed by atoms with Crippen LogP contribution >= 0.6 is 0 Å². The highest BCUT2D eigenvalue weighted by atomic mass is 19.1. The molecule has 1 aliphatic carbocycles. The Balaban J connectivity index is 1.86. The van der Waals surface area contributed by atoms with E-state index in [1.54, 1.807) is 6.07 Å². The lowest BCUT2D eigenvalue weighted by atomic mass is 10.1. The molecule has 106 valence electrons. The molecule has 2 unspecified atom stereocenters. The fourth-order valence-electron chi connectivity index (χ4n) is 2.51. The van der Waals surface area contributed by atoms with Gasteiger partial charge in [-0.2, -0.15) is 0 Å². The summed E-state index contributed by atoms with van der Waals surface area (Å²) in [5.74, 6) is 0.611. The summed E-state index contributed by atoms with van der Waals surface area (Å²) in [6.07, 6.45) is 5.03. The van der Waals surface area contributed by atoms with Crippen LogP contribution in [0.4, 0.5) is 4.39 Å². The zero-order chi connectivity index (χ0) is 13.8. The van der Waals surface area contributed by atoms with Gasteiger partial charge in [-0.1, -0.05) is 0 Å². The van der Waals surface area contributed by atoms with Crippen molar-refractivity contribution in [3.05, 3.63) is 29.8 Å². The summed E-state index contributed by atoms with van der Waals surface area (Å²) in [6, 6.07) is 4.09. The van der Waals surface area contributed by atoms with Crippen LogP contribution in [0.5, 0.6) is 0 Å². The summed E-state index contributed by atoms with van der Waals surface area (Å²) < 4.78 is 12.9. The lowest BCUT2D eigenvalue weighted by molar-refractivity contribution is 0.222. The lowest BCUT2D eigenvalue weighted by Gasteiger charge is -2.26. The second-order valence-electron chi connectivity index (χ2n) is 5.59. The number of nitrogens with zero attached hydrogens (tertiary/aromatic N) is 2. The van der Waals surface area contributed by atoms with Crippen molar-refractivity contribution >= 4 is 0 Å². The summed E-state index contributed by atoms with van der Waals surface area (Å²) in [5.41, 5.74) is 0.913. The fraction of sp³-hybridized carbons (Fsp3) is 0.667. The summed E-state index contributed by atoms with van der Waals surface area (Å²) in [5, 5.41) is 3.27. The second-order valence-corrected chi connectivity index (χ2v) is 5.59. The molecule has 0 radical (unpaired) electrons. The topological polar surface area (TPSA) is 28.2 Å². The summed E-state index contributed by atoms with van der Waals surface area (Å²) in [6.45, 7) is 3.34. The summed E-state index contributed by atoms with van der Waals surface area (Å²) >= 11 is 0. The van der Waals surface area contributed by atoms with Crippen molar-refractivity contribution < 1.29 is 4.39 Å². The van der Waals surface area contributed by atoms with Crippen LogP contribution in [0.25, 0.3) is 0 Å². The van der Waals surface area contributed by atoms with Gasteiger partial charge in [-0.3, -0.25) is 4.98 Å². The van der Waals surface area contributed by atoms with Gasteiger partial charge < -0.3 is 10.2 Å². The minimum absolute atomic E-state index is 0.189. The normalized spacial score (nSPS) is 18.6. The van der Waals surface area contributed by atoms with Gasteiger partial charge in [0.1, 0.15) is 5.82 Å². The van der Waals surface area contributed by atoms with Crippen molar-refractivity contribution in [3.63, 3.8) is 0 Å². The van der Waals surface area contributed by atoms with Gasteiger partial charge in [-0.05, 0) is 64.9 Å². The number of aromatic nitrogens is 1. The first-order chi connectivity index (χ1) is 9.11. The van der Waals surface area contributed by atoms with Crippen molar-refractivity contribution in [1.82, 2.24) is 15.2 Å². The summed E-state index contributed by atoms with van der Waals surface area (Å²) in [7, 11) is 4.12. The van der Waals surface area contributed by atoms with Crippen LogP contribution in [0.2, 0.25) is 0 Å². The Bertz CT molecular complexity index is 389. The molecule has 1 aromatic rings. The zero-order valence-corrected chi connectivity index (χ0v) is 12.1. The predicted octanol–water partition coefficient (Wildman–Crippen LogP) is 2.60. The average Bonchev–Trinajstić information content (AvgIpc) is 3.24. The molecule has 2 atom stereocenters. The number of hydrogen-bond acceptors (Lipinski definition) is 3. The van der Waals surface area contributed by atoms with Crippen molar-refractivity contribution in [2.24, 2.45) is 5.92 Å². The summed E-state index contributed by atoms with van der Waals surface area (Å²) in [4.78, 5) is 6.59. The Morgan fingerprint density at radius 1 is 1.47 bits per heavy atom. The van der Waals surface area contributed by atoms with Crippen LogP contribution in [0.1, 0.15) is 37.9 Å². The number of halogens is 1. The first kappa shape index (κ1) is 14.4. The molecule has 4 heteroatoms. The van der Waals surface area contributed by atoms with E-state index in [2.05, 4.69) is 29.2 Å². The van der Waals surface area contributed by atoms with Crippen molar-refractivity contribution in [3.8, 4) is 0 Å². The Labute approximate surface area is 115 Å². The molecule has 0 saturated heterocycles. The van der Waals surface area contributed by atoms with Crippen LogP contribution in [0.15, 0.2) is 18.3 Å². The van der Waals surface area contributed by atoms with Crippen LogP contribution in [0, 0.1) is 11.7 Å². The third-order valence-corrected chi connectivity index (χ3v) is 4.23. The van der Waals surface area contributed by atoms with Crippen LogP contribution in [0.3, 0.4) is 0 Å². The lowest BCUT2D eigenvalue weighted by Crippen LogP contribution is -2.33. The standard InChI is InChI=1S/C15H24FN3/c1-11(12-4-5-12)19(3)9-8-14(17-2)15-7-6-13(16)10-18-15/h6-7,10-12,14,17H,4-5,8-9H2,1-3H3. The third-order valence-electron chi connectivity index (χ3n) is 4.23. The average molecular weight is 265 g/mol. The number of hydrogen-bond donors (Lipinski definition) is 1. The van der Waals surface area contributed by atoms with Gasteiger partial charge in [0.15, 0.2) is 0 Å². The molecule has 0 amide bonds. The maximum Gasteiger partial charge on any atom is 0.141 e. The Morgan fingerprint density at radius 2 is 2.21 bits per heavy atom. The number of rotatable bonds is 7. The third kappa shape index (κ3) is 3.98. The van der Waals surface area contributed by atoms with Gasteiger partial charge in [0.2, 0.25) is 0 Å². The van der Waals surface area contributed by atoms with E-state index < -0.39 is 0 Å². The molecule has 0 aromatic carbocycles. The van der Waals surface area contributed by atoms with E-state index in [9.17, 15) is 4.39 Å². The molecule has 2 rings (SSSR count). The Morgan fingerprint density at radius 3 is 2.74 bits per heavy atom. The molecule has 1 saturated carbocycles. The highest BCUT2D eigenvalue weighted by molar-refractivity contribution is 5.09. The van der Waals surface area contributed by atoms with E-state index in [-0.39, 0.29) is 11.9 Å². The molecule has 0 spiro atoms. The van der Waals surface area contributed by atoms with Gasteiger partial charge in [0.25, 0.3) is 0 Å². The fourth-order valence-corrected chi connectivity index (χ4v) is 2.51. The monoisotopic (exact) mass is 265 g/mol. The molecule has 1 N–H and O–H groups in total. The van der Waals surface area contributed by atoms with Crippen LogP contribution < -0.4 is 5.32 Å².